The average Bonchev–Trinajstić information content (AvgIpc) is 2.62. The highest BCUT2D eigenvalue weighted by molar-refractivity contribution is 6.06. The molecule has 0 bridgehead atoms. The van der Waals surface area contributed by atoms with Crippen LogP contribution in [-0.2, 0) is 0 Å². The lowest BCUT2D eigenvalue weighted by Crippen LogP contribution is -2.29. The van der Waals surface area contributed by atoms with Gasteiger partial charge in [-0.05, 0) is 62.1 Å². The maximum atomic E-state index is 12.3. The van der Waals surface area contributed by atoms with Crippen molar-refractivity contribution < 1.29 is 4.79 Å². The average molecular weight is 305 g/mol. The predicted octanol–water partition coefficient (Wildman–Crippen LogP) is 4.88. The molecular formula is C21H23NO. The molecule has 0 aliphatic carbocycles. The molecule has 1 fully saturated rings. The molecule has 2 nitrogen and oxygen atoms in total. The monoisotopic (exact) mass is 305 g/mol. The van der Waals surface area contributed by atoms with Gasteiger partial charge in [-0.3, -0.25) is 4.79 Å². The third-order valence-corrected chi connectivity index (χ3v) is 4.38. The van der Waals surface area contributed by atoms with E-state index >= 15 is 0 Å². The predicted molar refractivity (Wildman–Crippen MR) is 97.0 cm³/mol. The van der Waals surface area contributed by atoms with Crippen LogP contribution in [0.2, 0.25) is 0 Å². The first-order valence-electron chi connectivity index (χ1n) is 8.36. The molecule has 2 heteroatoms. The zero-order valence-corrected chi connectivity index (χ0v) is 13.7. The van der Waals surface area contributed by atoms with E-state index in [2.05, 4.69) is 36.1 Å². The summed E-state index contributed by atoms with van der Waals surface area (Å²) in [6, 6.07) is 16.2. The Kier molecular flexibility index (Phi) is 4.92. The third kappa shape index (κ3) is 4.10. The van der Waals surface area contributed by atoms with Gasteiger partial charge >= 0.3 is 0 Å². The van der Waals surface area contributed by atoms with Gasteiger partial charge in [0.15, 0.2) is 5.78 Å². The number of carbonyl (C=O) groups is 1. The number of allylic oxidation sites excluding steroid dienone is 1. The summed E-state index contributed by atoms with van der Waals surface area (Å²) in [4.78, 5) is 14.7. The zero-order valence-electron chi connectivity index (χ0n) is 13.7. The lowest BCUT2D eigenvalue weighted by molar-refractivity contribution is 0.104. The Bertz CT molecular complexity index is 677. The van der Waals surface area contributed by atoms with Crippen LogP contribution in [0.5, 0.6) is 0 Å². The van der Waals surface area contributed by atoms with Crippen LogP contribution in [0.4, 0.5) is 5.69 Å². The maximum absolute atomic E-state index is 12.3. The van der Waals surface area contributed by atoms with Crippen molar-refractivity contribution in [1.29, 1.82) is 0 Å². The second kappa shape index (κ2) is 7.28. The third-order valence-electron chi connectivity index (χ3n) is 4.38. The highest BCUT2D eigenvalue weighted by atomic mass is 16.1. The largest absolute Gasteiger partial charge is 0.372 e. The fourth-order valence-corrected chi connectivity index (χ4v) is 2.93. The number of piperidine rings is 1. The number of aryl methyl sites for hydroxylation is 1. The number of hydrogen-bond donors (Lipinski definition) is 0. The first kappa shape index (κ1) is 15.5. The van der Waals surface area contributed by atoms with Crippen LogP contribution in [0.25, 0.3) is 6.08 Å². The number of hydrogen-bond acceptors (Lipinski definition) is 2. The molecule has 3 rings (SSSR count). The summed E-state index contributed by atoms with van der Waals surface area (Å²) < 4.78 is 0. The Labute approximate surface area is 138 Å². The van der Waals surface area contributed by atoms with E-state index in [1.807, 2.05) is 30.3 Å². The second-order valence-electron chi connectivity index (χ2n) is 6.20. The zero-order chi connectivity index (χ0) is 16.1. The number of rotatable bonds is 4. The molecule has 0 N–H and O–H groups in total. The van der Waals surface area contributed by atoms with E-state index in [1.54, 1.807) is 6.08 Å². The first-order chi connectivity index (χ1) is 11.2. The molecule has 2 aromatic rings. The van der Waals surface area contributed by atoms with Crippen LogP contribution in [0.3, 0.4) is 0 Å². The Balaban J connectivity index is 1.66. The van der Waals surface area contributed by atoms with E-state index in [4.69, 9.17) is 0 Å². The van der Waals surface area contributed by atoms with Gasteiger partial charge in [-0.15, -0.1) is 0 Å². The summed E-state index contributed by atoms with van der Waals surface area (Å²) >= 11 is 0. The van der Waals surface area contributed by atoms with Gasteiger partial charge in [-0.25, -0.2) is 0 Å². The molecular weight excluding hydrogens is 282 g/mol. The topological polar surface area (TPSA) is 20.3 Å². The highest BCUT2D eigenvalue weighted by Crippen LogP contribution is 2.20. The molecule has 0 radical (unpaired) electrons. The minimum atomic E-state index is 0.0516. The van der Waals surface area contributed by atoms with Crippen LogP contribution in [-0.4, -0.2) is 18.9 Å². The standard InChI is InChI=1S/C21H23NO/c1-17-5-7-18(8-6-17)9-14-21(23)19-10-12-20(13-11-19)22-15-3-2-4-16-22/h5-14H,2-4,15-16H2,1H3. The fraction of sp³-hybridized carbons (Fsp3) is 0.286. The number of carbonyl (C=O) groups excluding carboxylic acids is 1. The summed E-state index contributed by atoms with van der Waals surface area (Å²) in [7, 11) is 0. The van der Waals surface area contributed by atoms with Gasteiger partial charge in [-0.2, -0.15) is 0 Å². The van der Waals surface area contributed by atoms with E-state index in [0.29, 0.717) is 0 Å². The van der Waals surface area contributed by atoms with E-state index in [-0.39, 0.29) is 5.78 Å². The molecule has 0 spiro atoms. The Morgan fingerprint density at radius 3 is 2.22 bits per heavy atom. The number of anilines is 1. The molecule has 0 atom stereocenters. The molecule has 0 aromatic heterocycles. The summed E-state index contributed by atoms with van der Waals surface area (Å²) in [5, 5.41) is 0. The number of ketones is 1. The molecule has 1 aliphatic rings. The minimum absolute atomic E-state index is 0.0516. The van der Waals surface area contributed by atoms with Crippen LogP contribution in [0.15, 0.2) is 54.6 Å². The molecule has 118 valence electrons. The van der Waals surface area contributed by atoms with Gasteiger partial charge in [0.25, 0.3) is 0 Å². The SMILES string of the molecule is Cc1ccc(C=CC(=O)c2ccc(N3CCCCC3)cc2)cc1. The maximum Gasteiger partial charge on any atom is 0.185 e. The van der Waals surface area contributed by atoms with Crippen molar-refractivity contribution >= 4 is 17.5 Å². The molecule has 2 aromatic carbocycles. The molecule has 0 saturated carbocycles. The van der Waals surface area contributed by atoms with Gasteiger partial charge in [-0.1, -0.05) is 35.9 Å². The van der Waals surface area contributed by atoms with Crippen molar-refractivity contribution in [1.82, 2.24) is 0 Å². The van der Waals surface area contributed by atoms with Gasteiger partial charge in [0.1, 0.15) is 0 Å². The van der Waals surface area contributed by atoms with Crippen molar-refractivity contribution in [2.24, 2.45) is 0 Å². The highest BCUT2D eigenvalue weighted by Gasteiger charge is 2.11. The van der Waals surface area contributed by atoms with Gasteiger partial charge in [0, 0.05) is 24.3 Å². The summed E-state index contributed by atoms with van der Waals surface area (Å²) in [6.07, 6.45) is 7.39. The lowest BCUT2D eigenvalue weighted by Gasteiger charge is -2.28. The molecule has 1 aliphatic heterocycles. The van der Waals surface area contributed by atoms with Crippen LogP contribution >= 0.6 is 0 Å². The minimum Gasteiger partial charge on any atom is -0.372 e. The van der Waals surface area contributed by atoms with E-state index in [0.717, 1.165) is 24.2 Å². The van der Waals surface area contributed by atoms with Gasteiger partial charge in [0.05, 0.1) is 0 Å². The Hall–Kier alpha value is -2.35. The molecule has 0 unspecified atom stereocenters. The van der Waals surface area contributed by atoms with Gasteiger partial charge in [0.2, 0.25) is 0 Å². The van der Waals surface area contributed by atoms with Crippen LogP contribution in [0.1, 0.15) is 40.7 Å². The van der Waals surface area contributed by atoms with E-state index in [9.17, 15) is 4.79 Å². The Morgan fingerprint density at radius 2 is 1.57 bits per heavy atom. The number of benzene rings is 2. The van der Waals surface area contributed by atoms with Crippen LogP contribution < -0.4 is 4.90 Å². The van der Waals surface area contributed by atoms with Crippen molar-refractivity contribution in [3.8, 4) is 0 Å². The molecule has 1 saturated heterocycles. The quantitative estimate of drug-likeness (QED) is 0.592. The molecule has 1 heterocycles. The summed E-state index contributed by atoms with van der Waals surface area (Å²) in [6.45, 7) is 4.31. The van der Waals surface area contributed by atoms with Crippen molar-refractivity contribution in [3.05, 3.63) is 71.3 Å². The van der Waals surface area contributed by atoms with Crippen molar-refractivity contribution in [2.75, 3.05) is 18.0 Å². The van der Waals surface area contributed by atoms with E-state index in [1.165, 1.54) is 30.5 Å². The first-order valence-corrected chi connectivity index (χ1v) is 8.36. The van der Waals surface area contributed by atoms with Crippen LogP contribution in [0, 0.1) is 6.92 Å². The summed E-state index contributed by atoms with van der Waals surface area (Å²) in [5.74, 6) is 0.0516. The number of nitrogens with zero attached hydrogens (tertiary/aromatic N) is 1. The normalized spacial score (nSPS) is 15.1. The smallest absolute Gasteiger partial charge is 0.185 e. The summed E-state index contributed by atoms with van der Waals surface area (Å²) in [5.41, 5.74) is 4.24. The Morgan fingerprint density at radius 1 is 0.913 bits per heavy atom. The molecule has 0 amide bonds. The van der Waals surface area contributed by atoms with E-state index < -0.39 is 0 Å². The second-order valence-corrected chi connectivity index (χ2v) is 6.20. The fourth-order valence-electron chi connectivity index (χ4n) is 2.93. The lowest BCUT2D eigenvalue weighted by atomic mass is 10.1. The molecule has 23 heavy (non-hydrogen) atoms. The van der Waals surface area contributed by atoms with Crippen molar-refractivity contribution in [2.45, 2.75) is 26.2 Å². The van der Waals surface area contributed by atoms with Gasteiger partial charge < -0.3 is 4.90 Å². The van der Waals surface area contributed by atoms with Crippen molar-refractivity contribution in [3.63, 3.8) is 0 Å².